The molecule has 0 bridgehead atoms. The zero-order valence-corrected chi connectivity index (χ0v) is 24.1. The number of aromatic hydroxyl groups is 1. The molecular weight excluding hydrogens is 520 g/mol. The van der Waals surface area contributed by atoms with Crippen LogP contribution in [-0.2, 0) is 14.9 Å². The van der Waals surface area contributed by atoms with Gasteiger partial charge in [0, 0.05) is 30.4 Å². The molecule has 9 nitrogen and oxygen atoms in total. The number of nitrogens with one attached hydrogen (secondary N) is 1. The first-order chi connectivity index (χ1) is 18.7. The minimum absolute atomic E-state index is 0.0772. The standard InChI is InChI=1S/C29H44N2O7S/c1-3-5-6-7-8-9-10-11-12-15-18-30-27(32)22-38-26-21-25(28(33)24-17-14-13-16-23(24)26)29(34)31(4-2)19-20-39(35,36)37/h13-14,16-17,21,33H,3-12,15,18-20,22H2,1-2H3,(H,30,32)(H,35,36,37). The van der Waals surface area contributed by atoms with E-state index in [1.807, 2.05) is 0 Å². The van der Waals surface area contributed by atoms with Crippen molar-refractivity contribution in [3.8, 4) is 11.5 Å². The number of ether oxygens (including phenoxy) is 1. The largest absolute Gasteiger partial charge is 0.506 e. The van der Waals surface area contributed by atoms with Gasteiger partial charge in [-0.1, -0.05) is 89.0 Å². The fourth-order valence-electron chi connectivity index (χ4n) is 4.44. The molecule has 10 heteroatoms. The van der Waals surface area contributed by atoms with Gasteiger partial charge in [-0.2, -0.15) is 8.42 Å². The number of carbonyl (C=O) groups excluding carboxylic acids is 2. The maximum absolute atomic E-state index is 13.1. The Bertz CT molecular complexity index is 1170. The quantitative estimate of drug-likeness (QED) is 0.155. The number of phenols is 1. The molecule has 2 aromatic carbocycles. The normalized spacial score (nSPS) is 11.5. The van der Waals surface area contributed by atoms with Gasteiger partial charge >= 0.3 is 0 Å². The van der Waals surface area contributed by atoms with Crippen LogP contribution in [0.4, 0.5) is 0 Å². The Morgan fingerprint density at radius 3 is 2.10 bits per heavy atom. The van der Waals surface area contributed by atoms with Crippen molar-refractivity contribution >= 4 is 32.7 Å². The third-order valence-corrected chi connectivity index (χ3v) is 7.41. The van der Waals surface area contributed by atoms with E-state index in [1.54, 1.807) is 31.2 Å². The summed E-state index contributed by atoms with van der Waals surface area (Å²) in [6, 6.07) is 8.18. The first kappa shape index (κ1) is 32.4. The predicted octanol–water partition coefficient (Wildman–Crippen LogP) is 5.31. The highest BCUT2D eigenvalue weighted by molar-refractivity contribution is 7.85. The van der Waals surface area contributed by atoms with Crippen LogP contribution >= 0.6 is 0 Å². The third kappa shape index (κ3) is 11.4. The molecule has 0 unspecified atom stereocenters. The third-order valence-electron chi connectivity index (χ3n) is 6.71. The number of carbonyl (C=O) groups is 2. The van der Waals surface area contributed by atoms with E-state index in [1.165, 1.54) is 55.9 Å². The van der Waals surface area contributed by atoms with Crippen LogP contribution in [0.25, 0.3) is 10.8 Å². The predicted molar refractivity (Wildman–Crippen MR) is 154 cm³/mol. The number of benzene rings is 2. The molecule has 0 radical (unpaired) electrons. The van der Waals surface area contributed by atoms with Gasteiger partial charge in [-0.05, 0) is 19.4 Å². The molecule has 0 aliphatic carbocycles. The van der Waals surface area contributed by atoms with Crippen molar-refractivity contribution < 1.29 is 32.4 Å². The molecule has 2 rings (SSSR count). The second kappa shape index (κ2) is 17.0. The smallest absolute Gasteiger partial charge is 0.266 e. The van der Waals surface area contributed by atoms with Crippen LogP contribution in [0, 0.1) is 0 Å². The molecule has 0 saturated heterocycles. The van der Waals surface area contributed by atoms with Gasteiger partial charge in [0.15, 0.2) is 6.61 Å². The van der Waals surface area contributed by atoms with Gasteiger partial charge < -0.3 is 20.1 Å². The molecule has 3 N–H and O–H groups in total. The Balaban J connectivity index is 1.92. The second-order valence-electron chi connectivity index (χ2n) is 9.81. The van der Waals surface area contributed by atoms with Gasteiger partial charge in [-0.3, -0.25) is 14.1 Å². The molecule has 0 fully saturated rings. The summed E-state index contributed by atoms with van der Waals surface area (Å²) >= 11 is 0. The van der Waals surface area contributed by atoms with Crippen LogP contribution in [0.3, 0.4) is 0 Å². The number of phenolic OH excluding ortho intramolecular Hbond substituents is 1. The number of hydrogen-bond donors (Lipinski definition) is 3. The Kier molecular flexibility index (Phi) is 14.1. The molecule has 218 valence electrons. The molecule has 0 spiro atoms. The van der Waals surface area contributed by atoms with Gasteiger partial charge in [0.25, 0.3) is 21.9 Å². The van der Waals surface area contributed by atoms with Crippen molar-refractivity contribution in [2.75, 3.05) is 32.0 Å². The fourth-order valence-corrected chi connectivity index (χ4v) is 4.89. The average Bonchev–Trinajstić information content (AvgIpc) is 2.91. The van der Waals surface area contributed by atoms with Crippen LogP contribution in [0.15, 0.2) is 30.3 Å². The average molecular weight is 565 g/mol. The van der Waals surface area contributed by atoms with Gasteiger partial charge in [-0.25, -0.2) is 0 Å². The highest BCUT2D eigenvalue weighted by Gasteiger charge is 2.23. The van der Waals surface area contributed by atoms with Crippen LogP contribution in [0.1, 0.15) is 88.4 Å². The SMILES string of the molecule is CCCCCCCCCCCCNC(=O)COc1cc(C(=O)N(CC)CCS(=O)(=O)O)c(O)c2ccccc12. The monoisotopic (exact) mass is 564 g/mol. The topological polar surface area (TPSA) is 133 Å². The Morgan fingerprint density at radius 2 is 1.51 bits per heavy atom. The van der Waals surface area contributed by atoms with Crippen LogP contribution in [0.5, 0.6) is 11.5 Å². The minimum atomic E-state index is -4.26. The second-order valence-corrected chi connectivity index (χ2v) is 11.4. The fraction of sp³-hybridized carbons (Fsp3) is 0.586. The van der Waals surface area contributed by atoms with Crippen molar-refractivity contribution in [3.63, 3.8) is 0 Å². The molecule has 0 saturated carbocycles. The maximum atomic E-state index is 13.1. The lowest BCUT2D eigenvalue weighted by molar-refractivity contribution is -0.123. The number of unbranched alkanes of at least 4 members (excludes halogenated alkanes) is 9. The van der Waals surface area contributed by atoms with Crippen molar-refractivity contribution in [3.05, 3.63) is 35.9 Å². The van der Waals surface area contributed by atoms with Crippen LogP contribution in [0.2, 0.25) is 0 Å². The highest BCUT2D eigenvalue weighted by Crippen LogP contribution is 2.36. The van der Waals surface area contributed by atoms with Gasteiger partial charge in [0.05, 0.1) is 11.3 Å². The molecule has 0 aliphatic rings. The van der Waals surface area contributed by atoms with Crippen molar-refractivity contribution in [1.29, 1.82) is 0 Å². The van der Waals surface area contributed by atoms with Crippen LogP contribution in [-0.4, -0.2) is 66.8 Å². The lowest BCUT2D eigenvalue weighted by Gasteiger charge is -2.22. The number of amides is 2. The van der Waals surface area contributed by atoms with E-state index in [2.05, 4.69) is 12.2 Å². The van der Waals surface area contributed by atoms with E-state index in [4.69, 9.17) is 9.29 Å². The van der Waals surface area contributed by atoms with E-state index in [0.29, 0.717) is 17.3 Å². The molecule has 0 aliphatic heterocycles. The van der Waals surface area contributed by atoms with E-state index in [9.17, 15) is 23.1 Å². The molecule has 2 aromatic rings. The highest BCUT2D eigenvalue weighted by atomic mass is 32.2. The van der Waals surface area contributed by atoms with E-state index < -0.39 is 21.8 Å². The summed E-state index contributed by atoms with van der Waals surface area (Å²) < 4.78 is 37.2. The lowest BCUT2D eigenvalue weighted by Crippen LogP contribution is -2.35. The van der Waals surface area contributed by atoms with Crippen LogP contribution < -0.4 is 10.1 Å². The zero-order valence-electron chi connectivity index (χ0n) is 23.3. The zero-order chi connectivity index (χ0) is 28.7. The summed E-state index contributed by atoms with van der Waals surface area (Å²) in [4.78, 5) is 26.7. The Morgan fingerprint density at radius 1 is 0.923 bits per heavy atom. The first-order valence-electron chi connectivity index (χ1n) is 14.1. The number of hydrogen-bond acceptors (Lipinski definition) is 6. The summed E-state index contributed by atoms with van der Waals surface area (Å²) in [6.45, 7) is 4.13. The summed E-state index contributed by atoms with van der Waals surface area (Å²) in [7, 11) is -4.26. The van der Waals surface area contributed by atoms with E-state index in [-0.39, 0.29) is 42.7 Å². The molecule has 0 atom stereocenters. The van der Waals surface area contributed by atoms with Crippen molar-refractivity contribution in [2.45, 2.75) is 78.1 Å². The van der Waals surface area contributed by atoms with E-state index >= 15 is 0 Å². The molecule has 0 aromatic heterocycles. The summed E-state index contributed by atoms with van der Waals surface area (Å²) in [6.07, 6.45) is 12.2. The van der Waals surface area contributed by atoms with Gasteiger partial charge in [0.2, 0.25) is 0 Å². The van der Waals surface area contributed by atoms with Gasteiger partial charge in [0.1, 0.15) is 11.5 Å². The lowest BCUT2D eigenvalue weighted by atomic mass is 10.0. The maximum Gasteiger partial charge on any atom is 0.266 e. The Hall–Kier alpha value is -2.85. The summed E-state index contributed by atoms with van der Waals surface area (Å²) in [5.74, 6) is -1.52. The van der Waals surface area contributed by atoms with Crippen molar-refractivity contribution in [1.82, 2.24) is 10.2 Å². The first-order valence-corrected chi connectivity index (χ1v) is 15.7. The van der Waals surface area contributed by atoms with Crippen molar-refractivity contribution in [2.24, 2.45) is 0 Å². The number of nitrogens with zero attached hydrogens (tertiary/aromatic N) is 1. The molecule has 0 heterocycles. The Labute approximate surface area is 232 Å². The minimum Gasteiger partial charge on any atom is -0.506 e. The summed E-state index contributed by atoms with van der Waals surface area (Å²) in [5.41, 5.74) is -0.0772. The number of fused-ring (bicyclic) bond motifs is 1. The molecule has 2 amide bonds. The van der Waals surface area contributed by atoms with E-state index in [0.717, 1.165) is 19.3 Å². The number of rotatable bonds is 19. The summed E-state index contributed by atoms with van der Waals surface area (Å²) in [5, 5.41) is 14.6. The molecule has 39 heavy (non-hydrogen) atoms. The van der Waals surface area contributed by atoms with Gasteiger partial charge in [-0.15, -0.1) is 0 Å². The molecular formula is C29H44N2O7S.